The van der Waals surface area contributed by atoms with Gasteiger partial charge in [-0.2, -0.15) is 0 Å². The molecule has 0 bridgehead atoms. The van der Waals surface area contributed by atoms with Crippen molar-refractivity contribution in [3.05, 3.63) is 68.3 Å². The molecule has 0 unspecified atom stereocenters. The number of aryl methyl sites for hydroxylation is 4. The minimum Gasteiger partial charge on any atom is -0.490 e. The van der Waals surface area contributed by atoms with Gasteiger partial charge in [0, 0.05) is 15.9 Å². The van der Waals surface area contributed by atoms with Gasteiger partial charge in [0.25, 0.3) is 0 Å². The van der Waals surface area contributed by atoms with Gasteiger partial charge in [0.1, 0.15) is 0 Å². The third-order valence-corrected chi connectivity index (χ3v) is 9.81. The number of hydrogen-bond acceptors (Lipinski definition) is 4. The number of hydrogen-bond donors (Lipinski definition) is 0. The van der Waals surface area contributed by atoms with Crippen LogP contribution >= 0.6 is 29.7 Å². The largest absolute Gasteiger partial charge is 0.490 e. The first-order valence-electron chi connectivity index (χ1n) is 10.3. The number of ether oxygens (including phenoxy) is 3. The second-order valence-electron chi connectivity index (χ2n) is 8.01. The summed E-state index contributed by atoms with van der Waals surface area (Å²) in [6.07, 6.45) is 0. The monoisotopic (exact) mass is 548 g/mol. The van der Waals surface area contributed by atoms with Crippen molar-refractivity contribution in [2.24, 2.45) is 0 Å². The van der Waals surface area contributed by atoms with Crippen molar-refractivity contribution < 1.29 is 18.8 Å². The highest BCUT2D eigenvalue weighted by Gasteiger charge is 2.37. The molecule has 0 N–H and O–H groups in total. The fraction of sp³-hybridized carbons (Fsp3) is 0.280. The zero-order chi connectivity index (χ0) is 22.3. The lowest BCUT2D eigenvalue weighted by Crippen LogP contribution is -2.28. The second-order valence-corrected chi connectivity index (χ2v) is 11.8. The molecule has 1 aliphatic rings. The summed E-state index contributed by atoms with van der Waals surface area (Å²) in [6.45, 7) is 10.7. The Hall–Kier alpha value is -1.98. The summed E-state index contributed by atoms with van der Waals surface area (Å²) in [5.74, 6) is 1.76. The first kappa shape index (κ1) is 22.2. The van der Waals surface area contributed by atoms with E-state index in [1.54, 1.807) is 0 Å². The Kier molecular flexibility index (Phi) is 6.10. The quantitative estimate of drug-likeness (QED) is 0.321. The molecule has 162 valence electrons. The molecule has 0 radical (unpaired) electrons. The van der Waals surface area contributed by atoms with Crippen LogP contribution in [0.25, 0.3) is 0 Å². The predicted octanol–water partition coefficient (Wildman–Crippen LogP) is 5.29. The molecule has 3 aromatic carbocycles. The Morgan fingerprint density at radius 2 is 1.32 bits per heavy atom. The van der Waals surface area contributed by atoms with Crippen LogP contribution in [-0.2, 0) is 4.57 Å². The van der Waals surface area contributed by atoms with Crippen molar-refractivity contribution in [2.75, 3.05) is 13.4 Å². The van der Waals surface area contributed by atoms with Crippen LogP contribution in [0.5, 0.6) is 17.2 Å². The van der Waals surface area contributed by atoms with Crippen LogP contribution in [0.4, 0.5) is 0 Å². The lowest BCUT2D eigenvalue weighted by Gasteiger charge is -2.24. The summed E-state index contributed by atoms with van der Waals surface area (Å²) in [4.78, 5) is 0. The summed E-state index contributed by atoms with van der Waals surface area (Å²) in [5, 5.41) is 2.35. The van der Waals surface area contributed by atoms with E-state index < -0.39 is 7.14 Å². The van der Waals surface area contributed by atoms with E-state index in [0.29, 0.717) is 23.9 Å². The van der Waals surface area contributed by atoms with E-state index in [1.807, 2.05) is 65.0 Å². The summed E-state index contributed by atoms with van der Waals surface area (Å²) < 4.78 is 33.4. The van der Waals surface area contributed by atoms with E-state index >= 15 is 4.57 Å². The van der Waals surface area contributed by atoms with Crippen LogP contribution < -0.4 is 30.1 Å². The summed E-state index contributed by atoms with van der Waals surface area (Å²) >= 11 is 2.23. The Morgan fingerprint density at radius 3 is 1.81 bits per heavy atom. The van der Waals surface area contributed by atoms with Crippen LogP contribution in [0.3, 0.4) is 0 Å². The SMILES string of the molecule is CCOc1cc(P(=O)(c2cc(C)cc(C)c2)c2cc(C)cc(C)c2)c(I)c2c1OCO2. The van der Waals surface area contributed by atoms with Gasteiger partial charge >= 0.3 is 0 Å². The smallest absolute Gasteiger partial charge is 0.231 e. The molecule has 0 aromatic heterocycles. The molecule has 0 atom stereocenters. The topological polar surface area (TPSA) is 44.8 Å². The van der Waals surface area contributed by atoms with Crippen molar-refractivity contribution in [3.8, 4) is 17.2 Å². The normalized spacial score (nSPS) is 12.8. The first-order valence-corrected chi connectivity index (χ1v) is 13.1. The van der Waals surface area contributed by atoms with Gasteiger partial charge in [-0.05, 0) is 87.5 Å². The molecule has 0 spiro atoms. The highest BCUT2D eigenvalue weighted by molar-refractivity contribution is 14.1. The molecular formula is C25H26IO4P. The van der Waals surface area contributed by atoms with E-state index in [-0.39, 0.29) is 6.79 Å². The minimum atomic E-state index is -3.23. The van der Waals surface area contributed by atoms with E-state index in [2.05, 4.69) is 34.7 Å². The molecule has 4 nitrogen and oxygen atoms in total. The zero-order valence-corrected chi connectivity index (χ0v) is 21.5. The molecule has 1 aliphatic heterocycles. The van der Waals surface area contributed by atoms with Gasteiger partial charge in [0.2, 0.25) is 12.5 Å². The minimum absolute atomic E-state index is 0.131. The summed E-state index contributed by atoms with van der Waals surface area (Å²) in [6, 6.07) is 14.2. The van der Waals surface area contributed by atoms with Crippen molar-refractivity contribution >= 4 is 45.6 Å². The highest BCUT2D eigenvalue weighted by atomic mass is 127. The lowest BCUT2D eigenvalue weighted by atomic mass is 10.2. The molecule has 0 saturated carbocycles. The third-order valence-electron chi connectivity index (χ3n) is 5.31. The van der Waals surface area contributed by atoms with Crippen LogP contribution in [-0.4, -0.2) is 13.4 Å². The van der Waals surface area contributed by atoms with Gasteiger partial charge in [0.15, 0.2) is 18.6 Å². The van der Waals surface area contributed by atoms with E-state index in [4.69, 9.17) is 14.2 Å². The van der Waals surface area contributed by atoms with Crippen molar-refractivity contribution in [2.45, 2.75) is 34.6 Å². The van der Waals surface area contributed by atoms with Gasteiger partial charge in [0.05, 0.1) is 10.2 Å². The second kappa shape index (κ2) is 8.51. The van der Waals surface area contributed by atoms with Gasteiger partial charge in [-0.3, -0.25) is 0 Å². The fourth-order valence-electron chi connectivity index (χ4n) is 4.18. The molecule has 3 aromatic rings. The van der Waals surface area contributed by atoms with Crippen molar-refractivity contribution in [1.82, 2.24) is 0 Å². The van der Waals surface area contributed by atoms with Crippen LogP contribution in [0.1, 0.15) is 29.2 Å². The number of benzene rings is 3. The molecule has 0 fully saturated rings. The van der Waals surface area contributed by atoms with Crippen LogP contribution in [0.2, 0.25) is 0 Å². The first-order chi connectivity index (χ1) is 14.7. The molecule has 6 heteroatoms. The van der Waals surface area contributed by atoms with Crippen LogP contribution in [0, 0.1) is 31.3 Å². The van der Waals surface area contributed by atoms with Crippen LogP contribution in [0.15, 0.2) is 42.5 Å². The fourth-order valence-corrected chi connectivity index (χ4v) is 8.83. The molecule has 0 aliphatic carbocycles. The summed E-state index contributed by atoms with van der Waals surface area (Å²) in [5.41, 5.74) is 4.33. The average molecular weight is 548 g/mol. The third kappa shape index (κ3) is 3.98. The zero-order valence-electron chi connectivity index (χ0n) is 18.4. The Bertz CT molecular complexity index is 1120. The van der Waals surface area contributed by atoms with Gasteiger partial charge in [-0.25, -0.2) is 0 Å². The van der Waals surface area contributed by atoms with Gasteiger partial charge in [-0.15, -0.1) is 0 Å². The molecule has 0 amide bonds. The molecule has 31 heavy (non-hydrogen) atoms. The van der Waals surface area contributed by atoms with Crippen molar-refractivity contribution in [1.29, 1.82) is 0 Å². The highest BCUT2D eigenvalue weighted by Crippen LogP contribution is 2.51. The molecule has 4 rings (SSSR count). The Balaban J connectivity index is 2.09. The molecule has 0 saturated heterocycles. The maximum atomic E-state index is 15.2. The number of fused-ring (bicyclic) bond motifs is 1. The van der Waals surface area contributed by atoms with E-state index in [9.17, 15) is 0 Å². The Morgan fingerprint density at radius 1 is 0.839 bits per heavy atom. The number of halogens is 1. The standard InChI is InChI=1S/C25H26IO4P/c1-6-28-21-13-22(23(26)25-24(21)29-14-30-25)31(27,19-9-15(2)7-16(3)10-19)20-11-17(4)8-18(5)12-20/h7-13H,6,14H2,1-5H3. The van der Waals surface area contributed by atoms with E-state index in [0.717, 1.165) is 41.7 Å². The van der Waals surface area contributed by atoms with Crippen molar-refractivity contribution in [3.63, 3.8) is 0 Å². The lowest BCUT2D eigenvalue weighted by molar-refractivity contribution is 0.169. The average Bonchev–Trinajstić information content (AvgIpc) is 3.19. The summed E-state index contributed by atoms with van der Waals surface area (Å²) in [7, 11) is -3.23. The number of rotatable bonds is 5. The predicted molar refractivity (Wildman–Crippen MR) is 135 cm³/mol. The van der Waals surface area contributed by atoms with E-state index in [1.165, 1.54) is 0 Å². The molecular weight excluding hydrogens is 522 g/mol. The van der Waals surface area contributed by atoms with Gasteiger partial charge < -0.3 is 18.8 Å². The van der Waals surface area contributed by atoms with Gasteiger partial charge in [-0.1, -0.05) is 34.4 Å². The molecule has 1 heterocycles. The maximum Gasteiger partial charge on any atom is 0.231 e. The Labute approximate surface area is 197 Å². The maximum absolute atomic E-state index is 15.2.